The largest absolute Gasteiger partial charge is 0.462 e. The van der Waals surface area contributed by atoms with Gasteiger partial charge in [0, 0.05) is 19.3 Å². The van der Waals surface area contributed by atoms with E-state index < -0.39 is 6.10 Å². The van der Waals surface area contributed by atoms with Crippen molar-refractivity contribution in [2.45, 2.75) is 271 Å². The Labute approximate surface area is 402 Å². The Morgan fingerprint density at radius 1 is 0.308 bits per heavy atom. The molecular weight excluding hydrogens is 805 g/mol. The molecule has 0 N–H and O–H groups in total. The molecule has 1 unspecified atom stereocenters. The van der Waals surface area contributed by atoms with Crippen LogP contribution in [0.3, 0.4) is 0 Å². The van der Waals surface area contributed by atoms with Gasteiger partial charge in [0.25, 0.3) is 0 Å². The first kappa shape index (κ1) is 61.9. The van der Waals surface area contributed by atoms with E-state index in [9.17, 15) is 14.4 Å². The molecule has 6 heteroatoms. The lowest BCUT2D eigenvalue weighted by molar-refractivity contribution is -0.167. The molecule has 6 nitrogen and oxygen atoms in total. The fraction of sp³-hybridized carbons (Fsp3) is 0.746. The molecule has 0 aliphatic carbocycles. The highest BCUT2D eigenvalue weighted by atomic mass is 16.6. The van der Waals surface area contributed by atoms with Crippen molar-refractivity contribution < 1.29 is 28.6 Å². The van der Waals surface area contributed by atoms with Gasteiger partial charge in [0.2, 0.25) is 0 Å². The summed E-state index contributed by atoms with van der Waals surface area (Å²) < 4.78 is 16.8. The van der Waals surface area contributed by atoms with Crippen LogP contribution in [0, 0.1) is 0 Å². The monoisotopic (exact) mass is 907 g/mol. The molecule has 0 aliphatic heterocycles. The zero-order valence-corrected chi connectivity index (χ0v) is 42.7. The van der Waals surface area contributed by atoms with Crippen LogP contribution >= 0.6 is 0 Å². The Balaban J connectivity index is 4.47. The van der Waals surface area contributed by atoms with E-state index >= 15 is 0 Å². The summed E-state index contributed by atoms with van der Waals surface area (Å²) in [5, 5.41) is 0. The topological polar surface area (TPSA) is 78.9 Å². The molecule has 0 aromatic heterocycles. The van der Waals surface area contributed by atoms with E-state index in [4.69, 9.17) is 14.2 Å². The maximum Gasteiger partial charge on any atom is 0.306 e. The second kappa shape index (κ2) is 53.5. The third kappa shape index (κ3) is 51.7. The highest BCUT2D eigenvalue weighted by Gasteiger charge is 2.19. The van der Waals surface area contributed by atoms with E-state index in [-0.39, 0.29) is 31.1 Å². The van der Waals surface area contributed by atoms with Crippen molar-refractivity contribution in [2.75, 3.05) is 13.2 Å². The first-order chi connectivity index (χ1) is 32.0. The molecule has 0 spiro atoms. The van der Waals surface area contributed by atoms with E-state index in [0.717, 1.165) is 109 Å². The van der Waals surface area contributed by atoms with Gasteiger partial charge in [-0.3, -0.25) is 14.4 Å². The molecule has 1 atom stereocenters. The summed E-state index contributed by atoms with van der Waals surface area (Å²) in [5.41, 5.74) is 0. The van der Waals surface area contributed by atoms with Crippen LogP contribution in [0.5, 0.6) is 0 Å². The second-order valence-electron chi connectivity index (χ2n) is 18.1. The second-order valence-corrected chi connectivity index (χ2v) is 18.1. The van der Waals surface area contributed by atoms with Gasteiger partial charge in [-0.05, 0) is 128 Å². The number of hydrogen-bond donors (Lipinski definition) is 0. The van der Waals surface area contributed by atoms with E-state index in [0.29, 0.717) is 25.7 Å². The highest BCUT2D eigenvalue weighted by Crippen LogP contribution is 2.13. The Morgan fingerprint density at radius 2 is 0.569 bits per heavy atom. The van der Waals surface area contributed by atoms with Gasteiger partial charge in [-0.2, -0.15) is 0 Å². The molecule has 0 fully saturated rings. The van der Waals surface area contributed by atoms with Crippen LogP contribution in [0.15, 0.2) is 72.9 Å². The minimum Gasteiger partial charge on any atom is -0.462 e. The Hall–Kier alpha value is -3.15. The van der Waals surface area contributed by atoms with Crippen LogP contribution in [-0.2, 0) is 28.6 Å². The predicted molar refractivity (Wildman–Crippen MR) is 279 cm³/mol. The highest BCUT2D eigenvalue weighted by molar-refractivity contribution is 5.71. The Bertz CT molecular complexity index is 1230. The fourth-order valence-corrected chi connectivity index (χ4v) is 7.44. The summed E-state index contributed by atoms with van der Waals surface area (Å²) in [6, 6.07) is 0. The molecule has 0 aromatic rings. The molecule has 0 aliphatic rings. The lowest BCUT2D eigenvalue weighted by Gasteiger charge is -2.18. The van der Waals surface area contributed by atoms with Crippen LogP contribution in [0.2, 0.25) is 0 Å². The van der Waals surface area contributed by atoms with Crippen LogP contribution in [0.4, 0.5) is 0 Å². The number of unbranched alkanes of at least 4 members (excludes halogenated alkanes) is 26. The van der Waals surface area contributed by atoms with Crippen LogP contribution in [0.1, 0.15) is 265 Å². The summed E-state index contributed by atoms with van der Waals surface area (Å²) in [5.74, 6) is -0.961. The van der Waals surface area contributed by atoms with Gasteiger partial charge in [0.15, 0.2) is 6.10 Å². The molecule has 0 aromatic carbocycles. The summed E-state index contributed by atoms with van der Waals surface area (Å²) in [4.78, 5) is 38.0. The standard InChI is InChI=1S/C59H102O6/c1-4-7-10-13-16-19-22-25-28-29-32-34-37-40-43-46-49-52-58(61)64-55-56(65-59(62)53-50-47-44-41-38-35-31-27-24-21-18-15-12-9-6-3)54-63-57(60)51-48-45-42-39-36-33-30-26-23-20-17-14-11-8-5-2/h17-18,20-21,25-28,30-31,40,43,56H,4-16,19,22-24,29,32-39,41-42,44-55H2,1-3H3/b20-17-,21-18-,28-25-,30-26-,31-27-,43-40-. The third-order valence-corrected chi connectivity index (χ3v) is 11.6. The molecular formula is C59H102O6. The molecule has 0 bridgehead atoms. The van der Waals surface area contributed by atoms with Crippen molar-refractivity contribution in [3.05, 3.63) is 72.9 Å². The van der Waals surface area contributed by atoms with Gasteiger partial charge < -0.3 is 14.2 Å². The lowest BCUT2D eigenvalue weighted by Crippen LogP contribution is -2.30. The first-order valence-electron chi connectivity index (χ1n) is 27.4. The number of esters is 3. The molecule has 0 heterocycles. The maximum atomic E-state index is 12.8. The first-order valence-corrected chi connectivity index (χ1v) is 27.4. The van der Waals surface area contributed by atoms with Crippen molar-refractivity contribution in [3.8, 4) is 0 Å². The molecule has 0 saturated carbocycles. The lowest BCUT2D eigenvalue weighted by atomic mass is 10.1. The average molecular weight is 907 g/mol. The third-order valence-electron chi connectivity index (χ3n) is 11.6. The Kier molecular flexibility index (Phi) is 50.9. The predicted octanol–water partition coefficient (Wildman–Crippen LogP) is 18.2. The minimum atomic E-state index is -0.803. The summed E-state index contributed by atoms with van der Waals surface area (Å²) >= 11 is 0. The van der Waals surface area contributed by atoms with Crippen molar-refractivity contribution in [1.82, 2.24) is 0 Å². The molecule has 65 heavy (non-hydrogen) atoms. The smallest absolute Gasteiger partial charge is 0.306 e. The number of ether oxygens (including phenoxy) is 3. The van der Waals surface area contributed by atoms with E-state index in [2.05, 4.69) is 93.7 Å². The average Bonchev–Trinajstić information content (AvgIpc) is 3.30. The molecule has 0 amide bonds. The number of carbonyl (C=O) groups is 3. The van der Waals surface area contributed by atoms with Crippen LogP contribution in [0.25, 0.3) is 0 Å². The summed E-state index contributed by atoms with van der Waals surface area (Å²) in [7, 11) is 0. The van der Waals surface area contributed by atoms with E-state index in [1.165, 1.54) is 109 Å². The summed E-state index contributed by atoms with van der Waals surface area (Å²) in [6.45, 7) is 6.53. The van der Waals surface area contributed by atoms with Gasteiger partial charge >= 0.3 is 17.9 Å². The van der Waals surface area contributed by atoms with E-state index in [1.54, 1.807) is 0 Å². The van der Waals surface area contributed by atoms with Gasteiger partial charge in [0.1, 0.15) is 13.2 Å². The van der Waals surface area contributed by atoms with Gasteiger partial charge in [0.05, 0.1) is 0 Å². The number of carbonyl (C=O) groups excluding carboxylic acids is 3. The normalized spacial score (nSPS) is 12.6. The Morgan fingerprint density at radius 3 is 0.969 bits per heavy atom. The van der Waals surface area contributed by atoms with Crippen molar-refractivity contribution in [3.63, 3.8) is 0 Å². The van der Waals surface area contributed by atoms with Crippen molar-refractivity contribution in [1.29, 1.82) is 0 Å². The minimum absolute atomic E-state index is 0.0993. The SMILES string of the molecule is CCCCC/C=C\C/C=C\CCCCCCCC(=O)OCC(COC(=O)CCC/C=C\CCCC/C=C\CCCCCCCC)OC(=O)CCCCCCC/C=C\C/C=C\CCCCC. The van der Waals surface area contributed by atoms with Crippen LogP contribution in [-0.4, -0.2) is 37.2 Å². The zero-order chi connectivity index (χ0) is 47.2. The van der Waals surface area contributed by atoms with Gasteiger partial charge in [-0.1, -0.05) is 190 Å². The molecule has 0 rings (SSSR count). The van der Waals surface area contributed by atoms with Gasteiger partial charge in [-0.15, -0.1) is 0 Å². The maximum absolute atomic E-state index is 12.8. The molecule has 0 saturated heterocycles. The zero-order valence-electron chi connectivity index (χ0n) is 42.7. The van der Waals surface area contributed by atoms with Crippen molar-refractivity contribution in [2.24, 2.45) is 0 Å². The van der Waals surface area contributed by atoms with Crippen LogP contribution < -0.4 is 0 Å². The van der Waals surface area contributed by atoms with Crippen molar-refractivity contribution >= 4 is 17.9 Å². The molecule has 374 valence electrons. The summed E-state index contributed by atoms with van der Waals surface area (Å²) in [6.07, 6.45) is 67.4. The van der Waals surface area contributed by atoms with E-state index in [1.807, 2.05) is 0 Å². The number of allylic oxidation sites excluding steroid dienone is 12. The number of hydrogen-bond acceptors (Lipinski definition) is 6. The van der Waals surface area contributed by atoms with Gasteiger partial charge in [-0.25, -0.2) is 0 Å². The quantitative estimate of drug-likeness (QED) is 0.0262. The number of rotatable bonds is 49. The molecule has 0 radical (unpaired) electrons. The fourth-order valence-electron chi connectivity index (χ4n) is 7.44.